The highest BCUT2D eigenvalue weighted by molar-refractivity contribution is 7.19. The Morgan fingerprint density at radius 1 is 1.16 bits per heavy atom. The van der Waals surface area contributed by atoms with Crippen LogP contribution in [0.15, 0.2) is 29.7 Å². The lowest BCUT2D eigenvalue weighted by atomic mass is 10.0. The first-order chi connectivity index (χ1) is 24.1. The third-order valence-corrected chi connectivity index (χ3v) is 10.3. The number of anilines is 1. The van der Waals surface area contributed by atoms with Crippen molar-refractivity contribution in [3.8, 4) is 6.07 Å². The molecular formula is C34H42F3N9O3S. The van der Waals surface area contributed by atoms with Gasteiger partial charge in [0.15, 0.2) is 0 Å². The van der Waals surface area contributed by atoms with Gasteiger partial charge >= 0.3 is 12.1 Å². The Morgan fingerprint density at radius 2 is 1.88 bits per heavy atom. The molecule has 0 saturated carbocycles. The highest BCUT2D eigenvalue weighted by atomic mass is 32.1. The summed E-state index contributed by atoms with van der Waals surface area (Å²) in [7, 11) is 1.19. The van der Waals surface area contributed by atoms with Gasteiger partial charge in [-0.3, -0.25) is 9.80 Å². The van der Waals surface area contributed by atoms with E-state index in [-0.39, 0.29) is 28.5 Å². The Labute approximate surface area is 292 Å². The van der Waals surface area contributed by atoms with Gasteiger partial charge in [-0.15, -0.1) is 11.3 Å². The maximum Gasteiger partial charge on any atom is 0.393 e. The van der Waals surface area contributed by atoms with Crippen LogP contribution in [0.2, 0.25) is 0 Å². The monoisotopic (exact) mass is 713 g/mol. The van der Waals surface area contributed by atoms with Gasteiger partial charge in [-0.1, -0.05) is 11.2 Å². The van der Waals surface area contributed by atoms with Gasteiger partial charge in [0.25, 0.3) is 0 Å². The molecule has 0 radical (unpaired) electrons. The average molecular weight is 714 g/mol. The number of hydrogen-bond acceptors (Lipinski definition) is 12. The Morgan fingerprint density at radius 3 is 2.54 bits per heavy atom. The van der Waals surface area contributed by atoms with Crippen LogP contribution in [0.3, 0.4) is 0 Å². The molecule has 5 heterocycles. The van der Waals surface area contributed by atoms with Gasteiger partial charge in [-0.25, -0.2) is 14.8 Å². The Kier molecular flexibility index (Phi) is 12.4. The van der Waals surface area contributed by atoms with Crippen molar-refractivity contribution >= 4 is 44.2 Å². The van der Waals surface area contributed by atoms with E-state index in [2.05, 4.69) is 65.3 Å². The summed E-state index contributed by atoms with van der Waals surface area (Å²) in [5.74, 6) is -0.438. The molecule has 1 aromatic carbocycles. The average Bonchev–Trinajstić information content (AvgIpc) is 3.64. The van der Waals surface area contributed by atoms with E-state index in [9.17, 15) is 23.2 Å². The summed E-state index contributed by atoms with van der Waals surface area (Å²) in [4.78, 5) is 35.0. The summed E-state index contributed by atoms with van der Waals surface area (Å²) in [6.07, 6.45) is -2.81. The van der Waals surface area contributed by atoms with Crippen LogP contribution in [-0.4, -0.2) is 102 Å². The lowest BCUT2D eigenvalue weighted by Crippen LogP contribution is -2.44. The molecule has 2 saturated heterocycles. The number of nitriles is 1. The van der Waals surface area contributed by atoms with Crippen molar-refractivity contribution in [1.82, 2.24) is 29.7 Å². The summed E-state index contributed by atoms with van der Waals surface area (Å²) in [5.41, 5.74) is 4.07. The molecule has 0 aliphatic carbocycles. The molecule has 16 heteroatoms. The highest BCUT2D eigenvalue weighted by Gasteiger charge is 2.34. The molecule has 2 fully saturated rings. The van der Waals surface area contributed by atoms with E-state index in [1.54, 1.807) is 6.92 Å². The van der Waals surface area contributed by atoms with E-state index in [4.69, 9.17) is 9.64 Å². The van der Waals surface area contributed by atoms with Crippen LogP contribution in [0, 0.1) is 23.2 Å². The Balaban J connectivity index is 0.00000156. The number of alkyl halides is 3. The first kappa shape index (κ1) is 37.1. The number of fused-ring (bicyclic) bond motifs is 2. The predicted octanol–water partition coefficient (Wildman–Crippen LogP) is 5.47. The minimum atomic E-state index is -4.48. The fraction of sp³-hybridized carbons (Fsp3) is 0.529. The molecule has 2 aliphatic heterocycles. The first-order valence-electron chi connectivity index (χ1n) is 16.7. The van der Waals surface area contributed by atoms with Gasteiger partial charge in [-0.2, -0.15) is 23.3 Å². The summed E-state index contributed by atoms with van der Waals surface area (Å²) in [6, 6.07) is 8.75. The van der Waals surface area contributed by atoms with Gasteiger partial charge < -0.3 is 19.9 Å². The second kappa shape index (κ2) is 16.7. The molecule has 268 valence electrons. The number of hydrogen-bond donors (Lipinski definition) is 2. The van der Waals surface area contributed by atoms with Crippen LogP contribution in [0.1, 0.15) is 51.8 Å². The van der Waals surface area contributed by atoms with Crippen molar-refractivity contribution in [3.63, 3.8) is 0 Å². The van der Waals surface area contributed by atoms with Crippen LogP contribution in [0.5, 0.6) is 0 Å². The molecule has 50 heavy (non-hydrogen) atoms. The van der Waals surface area contributed by atoms with Crippen molar-refractivity contribution in [1.29, 1.82) is 5.26 Å². The zero-order chi connectivity index (χ0) is 35.8. The van der Waals surface area contributed by atoms with Crippen molar-refractivity contribution in [2.75, 3.05) is 64.8 Å². The van der Waals surface area contributed by atoms with Crippen LogP contribution in [-0.2, 0) is 24.2 Å². The molecule has 0 atom stereocenters. The first-order valence-corrected chi connectivity index (χ1v) is 17.5. The van der Waals surface area contributed by atoms with Gasteiger partial charge in [0, 0.05) is 80.7 Å². The number of nitrogens with one attached hydrogen (secondary N) is 2. The fourth-order valence-corrected chi connectivity index (χ4v) is 7.84. The zero-order valence-electron chi connectivity index (χ0n) is 28.5. The number of nitroso groups, excluding NO2 is 1. The van der Waals surface area contributed by atoms with Crippen LogP contribution in [0.25, 0.3) is 21.1 Å². The van der Waals surface area contributed by atoms with Crippen LogP contribution < -0.4 is 10.6 Å². The summed E-state index contributed by atoms with van der Waals surface area (Å²) in [6.45, 7) is 11.9. The molecule has 3 aromatic heterocycles. The second-order valence-corrected chi connectivity index (χ2v) is 13.4. The van der Waals surface area contributed by atoms with E-state index in [0.717, 1.165) is 94.0 Å². The quantitative estimate of drug-likeness (QED) is 0.161. The number of aryl methyl sites for hydroxylation is 1. The number of halogens is 3. The molecule has 2 N–H and O–H groups in total. The number of aromatic nitrogens is 3. The van der Waals surface area contributed by atoms with Crippen molar-refractivity contribution in [2.24, 2.45) is 5.18 Å². The number of benzene rings is 1. The summed E-state index contributed by atoms with van der Waals surface area (Å²) >= 11 is 0.854. The van der Waals surface area contributed by atoms with E-state index in [1.165, 1.54) is 24.5 Å². The van der Waals surface area contributed by atoms with Crippen LogP contribution >= 0.6 is 11.3 Å². The largest absolute Gasteiger partial charge is 0.462 e. The molecular weight excluding hydrogens is 671 g/mol. The number of piperidine rings is 1. The third-order valence-electron chi connectivity index (χ3n) is 9.15. The number of carbonyl (C=O) groups is 1. The number of carbonyl (C=O) groups excluding carboxylic acids is 1. The second-order valence-electron chi connectivity index (χ2n) is 12.4. The summed E-state index contributed by atoms with van der Waals surface area (Å²) in [5, 5.41) is 20.3. The number of nitrogens with zero attached hydrogens (tertiary/aromatic N) is 7. The maximum absolute atomic E-state index is 13.4. The van der Waals surface area contributed by atoms with Crippen molar-refractivity contribution in [2.45, 2.75) is 58.4 Å². The molecule has 12 nitrogen and oxygen atoms in total. The standard InChI is InChI=1S/C33H39F3N8O2S.CH3NO/c1-3-46-32(45)28-27(17-33(34,35)36)47-31-29(28)30(39-20-40-31)41-23-6-10-43(11-7-23)19-22-4-5-26-25(21(22)2)16-24(18-37)44(26)15-14-42-12-8-38-9-13-42;1-2-3/h4-5,16,20,23,38H,3,6-15,17,19H2,1-2H3,(H,39,40,41);1H3. The van der Waals surface area contributed by atoms with E-state index in [1.807, 2.05) is 6.07 Å². The van der Waals surface area contributed by atoms with Gasteiger partial charge in [0.1, 0.15) is 28.7 Å². The number of esters is 1. The van der Waals surface area contributed by atoms with Gasteiger partial charge in [0.2, 0.25) is 0 Å². The van der Waals surface area contributed by atoms with Crippen LogP contribution in [0.4, 0.5) is 19.0 Å². The Hall–Kier alpha value is -4.17. The maximum atomic E-state index is 13.4. The van der Waals surface area contributed by atoms with Gasteiger partial charge in [0.05, 0.1) is 31.0 Å². The molecule has 4 aromatic rings. The number of piperazine rings is 1. The topological polar surface area (TPSA) is 141 Å². The van der Waals surface area contributed by atoms with Gasteiger partial charge in [-0.05, 0) is 49.9 Å². The molecule has 2 aliphatic rings. The fourth-order valence-electron chi connectivity index (χ4n) is 6.69. The predicted molar refractivity (Wildman–Crippen MR) is 187 cm³/mol. The van der Waals surface area contributed by atoms with Crippen molar-refractivity contribution in [3.05, 3.63) is 56.7 Å². The SMILES string of the molecule is CCOC(=O)c1c(CC(F)(F)F)sc2ncnc(NC3CCN(Cc4ccc5c(cc(C#N)n5CCN5CCNCC5)c4C)CC3)c12.CN=O. The number of thiophene rings is 1. The molecule has 0 spiro atoms. The van der Waals surface area contributed by atoms with E-state index >= 15 is 0 Å². The lowest BCUT2D eigenvalue weighted by Gasteiger charge is -2.33. The number of ether oxygens (including phenoxy) is 1. The molecule has 6 rings (SSSR count). The number of rotatable bonds is 10. The lowest BCUT2D eigenvalue weighted by molar-refractivity contribution is -0.126. The summed E-state index contributed by atoms with van der Waals surface area (Å²) < 4.78 is 47.4. The van der Waals surface area contributed by atoms with Crippen molar-refractivity contribution < 1.29 is 22.7 Å². The highest BCUT2D eigenvalue weighted by Crippen LogP contribution is 2.38. The van der Waals surface area contributed by atoms with E-state index in [0.29, 0.717) is 16.3 Å². The molecule has 0 bridgehead atoms. The van der Waals surface area contributed by atoms with E-state index < -0.39 is 18.6 Å². The molecule has 0 unspecified atom stereocenters. The minimum Gasteiger partial charge on any atom is -0.462 e. The third kappa shape index (κ3) is 8.76. The zero-order valence-corrected chi connectivity index (χ0v) is 29.3. The Bertz CT molecular complexity index is 1840. The smallest absolute Gasteiger partial charge is 0.393 e. The normalized spacial score (nSPS) is 16.2. The number of likely N-dealkylation sites (tertiary alicyclic amines) is 1. The molecule has 0 amide bonds. The minimum absolute atomic E-state index is 0.0249.